The Balaban J connectivity index is 2.01. The van der Waals surface area contributed by atoms with Crippen LogP contribution in [0.2, 0.25) is 0 Å². The van der Waals surface area contributed by atoms with E-state index in [2.05, 4.69) is 12.2 Å². The minimum absolute atomic E-state index is 0.0220. The van der Waals surface area contributed by atoms with Crippen LogP contribution in [0.25, 0.3) is 0 Å². The Hall–Kier alpha value is -0.300. The third-order valence-electron chi connectivity index (χ3n) is 3.57. The smallest absolute Gasteiger partial charge is 0.0636 e. The lowest BCUT2D eigenvalue weighted by Gasteiger charge is -2.11. The van der Waals surface area contributed by atoms with Gasteiger partial charge in [-0.1, -0.05) is 12.2 Å². The van der Waals surface area contributed by atoms with E-state index in [1.165, 1.54) is 12.8 Å². The fourth-order valence-electron chi connectivity index (χ4n) is 2.99. The number of hydrogen-bond acceptors (Lipinski definition) is 1. The molecule has 4 aliphatic rings. The topological polar surface area (TPSA) is 20.2 Å². The van der Waals surface area contributed by atoms with Gasteiger partial charge in [-0.15, -0.1) is 0 Å². The maximum absolute atomic E-state index is 9.66. The van der Waals surface area contributed by atoms with E-state index in [1.807, 2.05) is 0 Å². The molecule has 5 unspecified atom stereocenters. The van der Waals surface area contributed by atoms with Crippen molar-refractivity contribution >= 4 is 0 Å². The first-order valence-electron chi connectivity index (χ1n) is 4.22. The van der Waals surface area contributed by atoms with Gasteiger partial charge in [0.1, 0.15) is 0 Å². The largest absolute Gasteiger partial charge is 0.392 e. The molecule has 0 aromatic heterocycles. The summed E-state index contributed by atoms with van der Waals surface area (Å²) in [5.41, 5.74) is 0. The van der Waals surface area contributed by atoms with Crippen molar-refractivity contribution in [2.45, 2.75) is 18.9 Å². The summed E-state index contributed by atoms with van der Waals surface area (Å²) in [6, 6.07) is 0. The van der Waals surface area contributed by atoms with Crippen LogP contribution in [0.4, 0.5) is 0 Å². The lowest BCUT2D eigenvalue weighted by molar-refractivity contribution is 0.122. The van der Waals surface area contributed by atoms with E-state index >= 15 is 0 Å². The van der Waals surface area contributed by atoms with Gasteiger partial charge in [0.05, 0.1) is 6.10 Å². The summed E-state index contributed by atoms with van der Waals surface area (Å²) < 4.78 is 0. The van der Waals surface area contributed by atoms with Crippen LogP contribution in [0.5, 0.6) is 0 Å². The first-order valence-corrected chi connectivity index (χ1v) is 4.22. The van der Waals surface area contributed by atoms with Crippen molar-refractivity contribution in [1.82, 2.24) is 0 Å². The predicted molar refractivity (Wildman–Crippen MR) is 38.3 cm³/mol. The molecule has 0 aromatic carbocycles. The second-order valence-electron chi connectivity index (χ2n) is 3.96. The van der Waals surface area contributed by atoms with Gasteiger partial charge < -0.3 is 5.11 Å². The minimum atomic E-state index is 0.0220. The van der Waals surface area contributed by atoms with Crippen LogP contribution >= 0.6 is 0 Å². The monoisotopic (exact) mass is 136 g/mol. The lowest BCUT2D eigenvalue weighted by Crippen LogP contribution is -2.16. The molecule has 2 saturated carbocycles. The van der Waals surface area contributed by atoms with Gasteiger partial charge in [-0.25, -0.2) is 0 Å². The second kappa shape index (κ2) is 1.48. The highest BCUT2D eigenvalue weighted by Gasteiger charge is 2.60. The average molecular weight is 136 g/mol. The fraction of sp³-hybridized carbons (Fsp3) is 0.778. The summed E-state index contributed by atoms with van der Waals surface area (Å²) in [7, 11) is 0. The molecule has 0 spiro atoms. The van der Waals surface area contributed by atoms with Gasteiger partial charge in [0.25, 0.3) is 0 Å². The molecule has 0 amide bonds. The van der Waals surface area contributed by atoms with Gasteiger partial charge in [0.15, 0.2) is 0 Å². The van der Waals surface area contributed by atoms with Crippen molar-refractivity contribution in [2.75, 3.05) is 0 Å². The van der Waals surface area contributed by atoms with Gasteiger partial charge in [-0.3, -0.25) is 0 Å². The standard InChI is InChI=1S/C9H12O/c10-9-5-2-1-3-6-7(4-5)8(6)9/h1-2,5-10H,3-4H2. The number of aliphatic hydroxyl groups excluding tert-OH is 1. The predicted octanol–water partition coefficient (Wildman–Crippen LogP) is 1.19. The van der Waals surface area contributed by atoms with Crippen LogP contribution in [0.15, 0.2) is 12.2 Å². The Morgan fingerprint density at radius 1 is 1.30 bits per heavy atom. The zero-order valence-electron chi connectivity index (χ0n) is 5.90. The molecule has 0 saturated heterocycles. The summed E-state index contributed by atoms with van der Waals surface area (Å²) in [5.74, 6) is 2.98. The molecule has 0 radical (unpaired) electrons. The number of aliphatic hydroxyl groups is 1. The molecule has 5 atom stereocenters. The third-order valence-corrected chi connectivity index (χ3v) is 3.57. The van der Waals surface area contributed by atoms with Crippen LogP contribution in [-0.2, 0) is 0 Å². The maximum Gasteiger partial charge on any atom is 0.0636 e. The van der Waals surface area contributed by atoms with E-state index in [9.17, 15) is 5.11 Å². The Kier molecular flexibility index (Phi) is 0.791. The quantitative estimate of drug-likeness (QED) is 0.496. The molecule has 4 rings (SSSR count). The van der Waals surface area contributed by atoms with Gasteiger partial charge in [0.2, 0.25) is 0 Å². The summed E-state index contributed by atoms with van der Waals surface area (Å²) in [5, 5.41) is 9.66. The summed E-state index contributed by atoms with van der Waals surface area (Å²) in [4.78, 5) is 0. The normalized spacial score (nSPS) is 62.3. The molecule has 0 aliphatic heterocycles. The highest BCUT2D eigenvalue weighted by molar-refractivity contribution is 5.18. The van der Waals surface area contributed by atoms with Gasteiger partial charge >= 0.3 is 0 Å². The Morgan fingerprint density at radius 2 is 2.20 bits per heavy atom. The fourth-order valence-corrected chi connectivity index (χ4v) is 2.99. The molecule has 0 aromatic rings. The van der Waals surface area contributed by atoms with E-state index in [0.29, 0.717) is 11.8 Å². The van der Waals surface area contributed by atoms with Crippen molar-refractivity contribution in [3.8, 4) is 0 Å². The number of rotatable bonds is 0. The highest BCUT2D eigenvalue weighted by Crippen LogP contribution is 2.62. The minimum Gasteiger partial charge on any atom is -0.392 e. The molecule has 1 nitrogen and oxygen atoms in total. The Labute approximate surface area is 60.7 Å². The van der Waals surface area contributed by atoms with E-state index in [0.717, 1.165) is 11.8 Å². The maximum atomic E-state index is 9.66. The molecule has 1 heteroatoms. The number of allylic oxidation sites excluding steroid dienone is 1. The first-order chi connectivity index (χ1) is 4.88. The van der Waals surface area contributed by atoms with Gasteiger partial charge in [-0.2, -0.15) is 0 Å². The van der Waals surface area contributed by atoms with Crippen LogP contribution in [0.3, 0.4) is 0 Å². The van der Waals surface area contributed by atoms with E-state index in [4.69, 9.17) is 0 Å². The molecule has 1 N–H and O–H groups in total. The third kappa shape index (κ3) is 0.450. The Bertz CT molecular complexity index is 197. The zero-order chi connectivity index (χ0) is 6.72. The van der Waals surface area contributed by atoms with Crippen molar-refractivity contribution < 1.29 is 5.11 Å². The first kappa shape index (κ1) is 5.36. The van der Waals surface area contributed by atoms with Crippen LogP contribution in [0, 0.1) is 23.7 Å². The SMILES string of the molecule is OC1C2C=CCC3C(C2)C13. The summed E-state index contributed by atoms with van der Waals surface area (Å²) >= 11 is 0. The lowest BCUT2D eigenvalue weighted by atomic mass is 10.0. The van der Waals surface area contributed by atoms with Crippen LogP contribution in [0.1, 0.15) is 12.8 Å². The van der Waals surface area contributed by atoms with Crippen molar-refractivity contribution in [3.05, 3.63) is 12.2 Å². The Morgan fingerprint density at radius 3 is 2.90 bits per heavy atom. The summed E-state index contributed by atoms with van der Waals surface area (Å²) in [6.45, 7) is 0. The van der Waals surface area contributed by atoms with Crippen LogP contribution in [-0.4, -0.2) is 11.2 Å². The number of hydrogen-bond donors (Lipinski definition) is 1. The molecule has 4 aliphatic carbocycles. The van der Waals surface area contributed by atoms with Crippen molar-refractivity contribution in [1.29, 1.82) is 0 Å². The molecular weight excluding hydrogens is 124 g/mol. The number of fused-ring (bicyclic) bond motifs is 1. The van der Waals surface area contributed by atoms with Crippen molar-refractivity contribution in [2.24, 2.45) is 23.7 Å². The highest BCUT2D eigenvalue weighted by atomic mass is 16.3. The van der Waals surface area contributed by atoms with Gasteiger partial charge in [0, 0.05) is 5.92 Å². The molecular formula is C9H12O. The molecule has 0 heterocycles. The molecule has 4 bridgehead atoms. The second-order valence-corrected chi connectivity index (χ2v) is 3.96. The van der Waals surface area contributed by atoms with Crippen LogP contribution < -0.4 is 0 Å². The molecule has 10 heavy (non-hydrogen) atoms. The molecule has 54 valence electrons. The molecule has 2 fully saturated rings. The van der Waals surface area contributed by atoms with E-state index in [1.54, 1.807) is 0 Å². The van der Waals surface area contributed by atoms with E-state index in [-0.39, 0.29) is 6.10 Å². The van der Waals surface area contributed by atoms with E-state index < -0.39 is 0 Å². The van der Waals surface area contributed by atoms with Crippen molar-refractivity contribution in [3.63, 3.8) is 0 Å². The van der Waals surface area contributed by atoms with Gasteiger partial charge in [-0.05, 0) is 30.6 Å². The summed E-state index contributed by atoms with van der Waals surface area (Å²) in [6.07, 6.45) is 7.03. The zero-order valence-corrected chi connectivity index (χ0v) is 5.90. The average Bonchev–Trinajstić information content (AvgIpc) is 2.51.